The van der Waals surface area contributed by atoms with Crippen LogP contribution in [0.4, 0.5) is 10.9 Å². The van der Waals surface area contributed by atoms with E-state index in [1.807, 2.05) is 18.5 Å². The predicted molar refractivity (Wildman–Crippen MR) is 222 cm³/mol. The van der Waals surface area contributed by atoms with Gasteiger partial charge in [-0.15, -0.1) is 11.3 Å². The fourth-order valence-corrected chi connectivity index (χ4v) is 8.76. The van der Waals surface area contributed by atoms with Crippen LogP contribution in [0.1, 0.15) is 134 Å². The highest BCUT2D eigenvalue weighted by Crippen LogP contribution is 2.45. The van der Waals surface area contributed by atoms with Gasteiger partial charge in [-0.1, -0.05) is 52.8 Å². The predicted octanol–water partition coefficient (Wildman–Crippen LogP) is 7.98. The minimum atomic E-state index is -0.159. The van der Waals surface area contributed by atoms with Crippen molar-refractivity contribution in [3.05, 3.63) is 58.2 Å². The van der Waals surface area contributed by atoms with Gasteiger partial charge in [0.05, 0.1) is 17.3 Å². The molecule has 12 heteroatoms. The minimum Gasteiger partial charge on any atom is -0.401 e. The fraction of sp³-hybridized carbons (Fsp3) is 0.643. The molecule has 0 radical (unpaired) electrons. The number of aldehydes is 1. The van der Waals surface area contributed by atoms with Crippen molar-refractivity contribution in [2.45, 2.75) is 137 Å². The molecule has 0 amide bonds. The first kappa shape index (κ1) is 42.8. The highest BCUT2D eigenvalue weighted by molar-refractivity contribution is 7.16. The number of aryl methyl sites for hydroxylation is 1. The van der Waals surface area contributed by atoms with Crippen molar-refractivity contribution in [2.24, 2.45) is 22.7 Å². The van der Waals surface area contributed by atoms with E-state index in [1.54, 1.807) is 0 Å². The highest BCUT2D eigenvalue weighted by atomic mass is 32.1. The number of nitrogen functional groups attached to an aromatic ring is 1. The van der Waals surface area contributed by atoms with E-state index < -0.39 is 0 Å². The van der Waals surface area contributed by atoms with Crippen LogP contribution in [0, 0.1) is 23.2 Å². The number of allylic oxidation sites excluding steroid dienone is 2. The molecule has 3 heterocycles. The number of anilines is 2. The van der Waals surface area contributed by atoms with E-state index in [1.165, 1.54) is 11.3 Å². The second-order valence-corrected chi connectivity index (χ2v) is 16.7. The van der Waals surface area contributed by atoms with Gasteiger partial charge in [0.25, 0.3) is 0 Å². The molecule has 54 heavy (non-hydrogen) atoms. The van der Waals surface area contributed by atoms with Gasteiger partial charge in [-0.25, -0.2) is 9.97 Å². The topological polar surface area (TPSA) is 150 Å². The van der Waals surface area contributed by atoms with Crippen molar-refractivity contribution in [3.63, 3.8) is 0 Å². The molecule has 296 valence electrons. The number of hydrogen-bond donors (Lipinski definition) is 2. The summed E-state index contributed by atoms with van der Waals surface area (Å²) in [6.45, 7) is 23.2. The average Bonchev–Trinajstić information content (AvgIpc) is 3.38. The van der Waals surface area contributed by atoms with E-state index in [2.05, 4.69) is 81.0 Å². The van der Waals surface area contributed by atoms with E-state index in [-0.39, 0.29) is 35.9 Å². The Bertz CT molecular complexity index is 1650. The zero-order chi connectivity index (χ0) is 39.4. The largest absolute Gasteiger partial charge is 0.401 e. The molecule has 2 aromatic heterocycles. The van der Waals surface area contributed by atoms with Crippen molar-refractivity contribution in [3.8, 4) is 6.07 Å². The molecular weight excluding hydrogens is 695 g/mol. The first-order valence-corrected chi connectivity index (χ1v) is 21.0. The van der Waals surface area contributed by atoms with Gasteiger partial charge in [0.2, 0.25) is 5.95 Å². The summed E-state index contributed by atoms with van der Waals surface area (Å²) in [6.07, 6.45) is 14.6. The maximum Gasteiger partial charge on any atom is 0.226 e. The molecule has 2 aromatic rings. The first-order chi connectivity index (χ1) is 25.9. The van der Waals surface area contributed by atoms with Crippen LogP contribution in [0.25, 0.3) is 0 Å². The molecule has 0 saturated carbocycles. The number of unbranched alkanes of at least 4 members (excludes halogenated alkanes) is 2. The lowest BCUT2D eigenvalue weighted by Crippen LogP contribution is -2.42. The van der Waals surface area contributed by atoms with Crippen LogP contribution in [0.5, 0.6) is 0 Å². The van der Waals surface area contributed by atoms with Crippen LogP contribution in [0.3, 0.4) is 0 Å². The smallest absolute Gasteiger partial charge is 0.226 e. The molecule has 2 aliphatic rings. The van der Waals surface area contributed by atoms with Crippen LogP contribution in [-0.4, -0.2) is 76.1 Å². The summed E-state index contributed by atoms with van der Waals surface area (Å²) in [5.41, 5.74) is 16.6. The summed E-state index contributed by atoms with van der Waals surface area (Å²) < 4.78 is 0. The van der Waals surface area contributed by atoms with E-state index in [4.69, 9.17) is 26.3 Å². The van der Waals surface area contributed by atoms with Crippen molar-refractivity contribution in [2.75, 3.05) is 36.8 Å². The molecule has 4 N–H and O–H groups in total. The Morgan fingerprint density at radius 1 is 1.20 bits per heavy atom. The summed E-state index contributed by atoms with van der Waals surface area (Å²) in [6, 6.07) is 4.56. The number of rotatable bonds is 19. The normalized spacial score (nSPS) is 20.1. The fourth-order valence-electron chi connectivity index (χ4n) is 7.63. The van der Waals surface area contributed by atoms with Gasteiger partial charge in [-0.2, -0.15) is 5.26 Å². The second kappa shape index (κ2) is 20.7. The molecule has 1 aliphatic carbocycles. The van der Waals surface area contributed by atoms with Crippen molar-refractivity contribution in [1.82, 2.24) is 19.8 Å². The monoisotopic (exact) mass is 759 g/mol. The summed E-state index contributed by atoms with van der Waals surface area (Å²) in [5.74, 6) is 1.46. The lowest BCUT2D eigenvalue weighted by Gasteiger charge is -2.35. The maximum absolute atomic E-state index is 11.9. The molecule has 0 bridgehead atoms. The Kier molecular flexibility index (Phi) is 16.4. The van der Waals surface area contributed by atoms with Gasteiger partial charge in [0.1, 0.15) is 28.8 Å². The Labute approximate surface area is 328 Å². The molecule has 4 rings (SSSR count). The first-order valence-electron chi connectivity index (χ1n) is 20.2. The number of oxime groups is 1. The van der Waals surface area contributed by atoms with Gasteiger partial charge >= 0.3 is 0 Å². The van der Waals surface area contributed by atoms with Gasteiger partial charge in [0.15, 0.2) is 0 Å². The van der Waals surface area contributed by atoms with E-state index in [0.29, 0.717) is 22.3 Å². The van der Waals surface area contributed by atoms with Gasteiger partial charge in [0, 0.05) is 60.0 Å². The number of nitrogens with zero attached hydrogens (tertiary/aromatic N) is 7. The standard InChI is InChI=1S/C42H65N9O2S/c1-9-29(5)40(48-53-32(8)34-17-14-18-38-39(34)35(24-43)41(45)54-38)36-19-20-46-42(47-36)50-23-15-22-49(25-31(50)7)21-13-11-12-16-33(44)26-51(30(6)10-2)37(27-52)28(3)4/h19-20,26-31,34,37H,8-18,21-23,25,44-45H2,1-7H3/b33-26-,48-40+/t29?,30?,31-,34?,37?/m0/s1. The van der Waals surface area contributed by atoms with E-state index in [9.17, 15) is 10.1 Å². The summed E-state index contributed by atoms with van der Waals surface area (Å²) in [5, 5.41) is 15.1. The summed E-state index contributed by atoms with van der Waals surface area (Å²) >= 11 is 1.50. The van der Waals surface area contributed by atoms with Crippen molar-refractivity contribution >= 4 is 34.3 Å². The Morgan fingerprint density at radius 2 is 1.98 bits per heavy atom. The van der Waals surface area contributed by atoms with Crippen molar-refractivity contribution < 1.29 is 9.63 Å². The molecule has 5 atom stereocenters. The van der Waals surface area contributed by atoms with Crippen LogP contribution in [0.2, 0.25) is 0 Å². The van der Waals surface area contributed by atoms with Crippen molar-refractivity contribution in [1.29, 1.82) is 5.26 Å². The zero-order valence-electron chi connectivity index (χ0n) is 33.9. The Hall–Kier alpha value is -3.95. The number of thiophene rings is 1. The third kappa shape index (κ3) is 10.8. The third-order valence-electron chi connectivity index (χ3n) is 11.2. The number of nitrogens with two attached hydrogens (primary N) is 2. The van der Waals surface area contributed by atoms with Crippen LogP contribution >= 0.6 is 11.3 Å². The SMILES string of the molecule is C=C(O/N=C(/c1ccnc(N2CCCN(CCCCC/C(N)=C/N(C(C)CC)C(C=O)C(C)C)C[C@@H]2C)n1)C(C)CC)C1CCCc2sc(N)c(C#N)c21. The minimum absolute atomic E-state index is 0.101. The quantitative estimate of drug-likeness (QED) is 0.0475. The van der Waals surface area contributed by atoms with Gasteiger partial charge in [-0.3, -0.25) is 0 Å². The number of nitriles is 1. The Balaban J connectivity index is 1.35. The molecule has 1 saturated heterocycles. The van der Waals surface area contributed by atoms with Gasteiger partial charge in [-0.05, 0) is 102 Å². The number of carbonyl (C=O) groups excluding carboxylic acids is 1. The summed E-state index contributed by atoms with van der Waals surface area (Å²) in [7, 11) is 0. The number of fused-ring (bicyclic) bond motifs is 1. The van der Waals surface area contributed by atoms with E-state index in [0.717, 1.165) is 124 Å². The molecule has 1 fully saturated rings. The second-order valence-electron chi connectivity index (χ2n) is 15.6. The third-order valence-corrected chi connectivity index (χ3v) is 12.3. The van der Waals surface area contributed by atoms with Crippen LogP contribution in [-0.2, 0) is 16.1 Å². The highest BCUT2D eigenvalue weighted by Gasteiger charge is 2.31. The van der Waals surface area contributed by atoms with E-state index >= 15 is 0 Å². The molecule has 11 nitrogen and oxygen atoms in total. The molecule has 1 aliphatic heterocycles. The molecule has 4 unspecified atom stereocenters. The zero-order valence-corrected chi connectivity index (χ0v) is 34.7. The van der Waals surface area contributed by atoms with Crippen LogP contribution < -0.4 is 16.4 Å². The Morgan fingerprint density at radius 3 is 2.67 bits per heavy atom. The molecule has 0 aromatic carbocycles. The van der Waals surface area contributed by atoms with Gasteiger partial charge < -0.3 is 35.8 Å². The van der Waals surface area contributed by atoms with Crippen LogP contribution in [0.15, 0.2) is 41.7 Å². The number of hydrogen-bond acceptors (Lipinski definition) is 12. The maximum atomic E-state index is 11.9. The lowest BCUT2D eigenvalue weighted by molar-refractivity contribution is -0.113. The summed E-state index contributed by atoms with van der Waals surface area (Å²) in [4.78, 5) is 35.9. The molecular formula is C42H65N9O2S. The number of aromatic nitrogens is 2. The lowest BCUT2D eigenvalue weighted by atomic mass is 9.84. The number of carbonyl (C=O) groups is 1. The average molecular weight is 760 g/mol. The molecule has 0 spiro atoms.